The van der Waals surface area contributed by atoms with Crippen LogP contribution in [0.3, 0.4) is 0 Å². The summed E-state index contributed by atoms with van der Waals surface area (Å²) in [7, 11) is 0. The van der Waals surface area contributed by atoms with Crippen LogP contribution in [-0.4, -0.2) is 12.1 Å². The molecule has 2 heteroatoms. The molecular weight excluding hydrogens is 320 g/mol. The van der Waals surface area contributed by atoms with Crippen LogP contribution in [0.2, 0.25) is 0 Å². The Balaban J connectivity index is 2.63. The van der Waals surface area contributed by atoms with Crippen LogP contribution in [0.5, 0.6) is 0 Å². The Labute approximate surface area is 161 Å². The van der Waals surface area contributed by atoms with Gasteiger partial charge in [-0.2, -0.15) is 0 Å². The lowest BCUT2D eigenvalue weighted by atomic mass is 9.90. The first-order chi connectivity index (χ1) is 12.6. The van der Waals surface area contributed by atoms with Crippen molar-refractivity contribution in [3.63, 3.8) is 0 Å². The topological polar surface area (TPSA) is 26.3 Å². The van der Waals surface area contributed by atoms with E-state index in [9.17, 15) is 4.79 Å². The summed E-state index contributed by atoms with van der Waals surface area (Å²) in [6, 6.07) is 9.41. The molecule has 0 saturated carbocycles. The lowest BCUT2D eigenvalue weighted by molar-refractivity contribution is 0.0227. The van der Waals surface area contributed by atoms with E-state index in [1.165, 1.54) is 44.9 Å². The second kappa shape index (κ2) is 13.8. The summed E-state index contributed by atoms with van der Waals surface area (Å²) in [6.07, 6.45) is 11.9. The summed E-state index contributed by atoms with van der Waals surface area (Å²) in [6.45, 7) is 9.07. The fourth-order valence-electron chi connectivity index (χ4n) is 3.64. The first-order valence-electron chi connectivity index (χ1n) is 10.9. The highest BCUT2D eigenvalue weighted by atomic mass is 16.5. The number of hydrogen-bond donors (Lipinski definition) is 0. The van der Waals surface area contributed by atoms with Gasteiger partial charge < -0.3 is 4.74 Å². The Morgan fingerprint density at radius 2 is 1.38 bits per heavy atom. The van der Waals surface area contributed by atoms with Crippen molar-refractivity contribution in [2.45, 2.75) is 98.0 Å². The van der Waals surface area contributed by atoms with E-state index in [4.69, 9.17) is 4.74 Å². The SMILES string of the molecule is CCCC[C@@H](CC)CC[C@H](CCC(CC)CC)OC(=O)c1ccccc1. The number of esters is 1. The molecule has 0 aliphatic heterocycles. The summed E-state index contributed by atoms with van der Waals surface area (Å²) >= 11 is 0. The van der Waals surface area contributed by atoms with E-state index in [1.807, 2.05) is 30.3 Å². The number of carbonyl (C=O) groups is 1. The average molecular weight is 361 g/mol. The molecule has 0 unspecified atom stereocenters. The number of carbonyl (C=O) groups excluding carboxylic acids is 1. The maximum absolute atomic E-state index is 12.5. The molecule has 0 saturated heterocycles. The van der Waals surface area contributed by atoms with E-state index in [0.717, 1.165) is 31.1 Å². The van der Waals surface area contributed by atoms with Crippen molar-refractivity contribution in [2.75, 3.05) is 0 Å². The second-order valence-corrected chi connectivity index (χ2v) is 7.65. The highest BCUT2D eigenvalue weighted by molar-refractivity contribution is 5.89. The quantitative estimate of drug-likeness (QED) is 0.322. The van der Waals surface area contributed by atoms with Gasteiger partial charge in [0.15, 0.2) is 0 Å². The molecule has 26 heavy (non-hydrogen) atoms. The van der Waals surface area contributed by atoms with Gasteiger partial charge >= 0.3 is 5.97 Å². The monoisotopic (exact) mass is 360 g/mol. The fourth-order valence-corrected chi connectivity index (χ4v) is 3.64. The minimum atomic E-state index is -0.165. The van der Waals surface area contributed by atoms with E-state index in [0.29, 0.717) is 5.56 Å². The standard InChI is InChI=1S/C24H40O2/c1-5-9-13-21(8-4)17-19-23(18-16-20(6-2)7-3)26-24(25)22-14-11-10-12-15-22/h10-12,14-15,20-21,23H,5-9,13,16-19H2,1-4H3/t21-,23+/m1/s1. The van der Waals surface area contributed by atoms with Gasteiger partial charge in [0.2, 0.25) is 0 Å². The maximum Gasteiger partial charge on any atom is 0.338 e. The molecule has 2 nitrogen and oxygen atoms in total. The Morgan fingerprint density at radius 1 is 0.808 bits per heavy atom. The average Bonchev–Trinajstić information content (AvgIpc) is 2.69. The molecular formula is C24H40O2. The van der Waals surface area contributed by atoms with Crippen molar-refractivity contribution in [1.29, 1.82) is 0 Å². The van der Waals surface area contributed by atoms with Crippen LogP contribution < -0.4 is 0 Å². The van der Waals surface area contributed by atoms with Gasteiger partial charge in [-0.15, -0.1) is 0 Å². The Bertz CT molecular complexity index is 464. The Morgan fingerprint density at radius 3 is 1.92 bits per heavy atom. The number of ether oxygens (including phenoxy) is 1. The van der Waals surface area contributed by atoms with E-state index in [2.05, 4.69) is 27.7 Å². The van der Waals surface area contributed by atoms with Crippen LogP contribution in [0, 0.1) is 11.8 Å². The van der Waals surface area contributed by atoms with Gasteiger partial charge in [0.25, 0.3) is 0 Å². The van der Waals surface area contributed by atoms with Gasteiger partial charge in [-0.3, -0.25) is 0 Å². The summed E-state index contributed by atoms with van der Waals surface area (Å²) in [4.78, 5) is 12.5. The lowest BCUT2D eigenvalue weighted by Gasteiger charge is -2.23. The highest BCUT2D eigenvalue weighted by Gasteiger charge is 2.19. The fraction of sp³-hybridized carbons (Fsp3) is 0.708. The molecule has 1 aromatic carbocycles. The molecule has 1 rings (SSSR count). The molecule has 0 N–H and O–H groups in total. The molecule has 1 aromatic rings. The second-order valence-electron chi connectivity index (χ2n) is 7.65. The molecule has 0 spiro atoms. The Kier molecular flexibility index (Phi) is 12.1. The van der Waals surface area contributed by atoms with Crippen LogP contribution >= 0.6 is 0 Å². The van der Waals surface area contributed by atoms with Crippen LogP contribution in [0.15, 0.2) is 30.3 Å². The zero-order valence-electron chi connectivity index (χ0n) is 17.5. The molecule has 0 heterocycles. The van der Waals surface area contributed by atoms with Crippen molar-refractivity contribution in [1.82, 2.24) is 0 Å². The van der Waals surface area contributed by atoms with Crippen LogP contribution in [0.25, 0.3) is 0 Å². The third kappa shape index (κ3) is 8.87. The van der Waals surface area contributed by atoms with Gasteiger partial charge in [0, 0.05) is 0 Å². The van der Waals surface area contributed by atoms with Crippen molar-refractivity contribution in [3.05, 3.63) is 35.9 Å². The third-order valence-electron chi connectivity index (χ3n) is 5.77. The summed E-state index contributed by atoms with van der Waals surface area (Å²) in [5.41, 5.74) is 0.665. The van der Waals surface area contributed by atoms with Crippen molar-refractivity contribution in [3.8, 4) is 0 Å². The van der Waals surface area contributed by atoms with E-state index in [-0.39, 0.29) is 12.1 Å². The van der Waals surface area contributed by atoms with E-state index < -0.39 is 0 Å². The van der Waals surface area contributed by atoms with Crippen molar-refractivity contribution in [2.24, 2.45) is 11.8 Å². The Hall–Kier alpha value is -1.31. The zero-order chi connectivity index (χ0) is 19.2. The van der Waals surface area contributed by atoms with Crippen LogP contribution in [-0.2, 0) is 4.74 Å². The summed E-state index contributed by atoms with van der Waals surface area (Å²) < 4.78 is 5.94. The van der Waals surface area contributed by atoms with Gasteiger partial charge in [-0.1, -0.05) is 84.4 Å². The smallest absolute Gasteiger partial charge is 0.338 e. The molecule has 0 aliphatic carbocycles. The van der Waals surface area contributed by atoms with Gasteiger partial charge in [0.1, 0.15) is 6.10 Å². The van der Waals surface area contributed by atoms with Gasteiger partial charge in [-0.25, -0.2) is 4.79 Å². The van der Waals surface area contributed by atoms with Crippen LogP contribution in [0.4, 0.5) is 0 Å². The van der Waals surface area contributed by atoms with Gasteiger partial charge in [-0.05, 0) is 49.7 Å². The highest BCUT2D eigenvalue weighted by Crippen LogP contribution is 2.25. The zero-order valence-corrected chi connectivity index (χ0v) is 17.5. The first-order valence-corrected chi connectivity index (χ1v) is 10.9. The van der Waals surface area contributed by atoms with Crippen molar-refractivity contribution < 1.29 is 9.53 Å². The molecule has 0 fully saturated rings. The van der Waals surface area contributed by atoms with Crippen molar-refractivity contribution >= 4 is 5.97 Å². The van der Waals surface area contributed by atoms with Crippen LogP contribution in [0.1, 0.15) is 102 Å². The number of hydrogen-bond acceptors (Lipinski definition) is 2. The predicted octanol–water partition coefficient (Wildman–Crippen LogP) is 7.43. The lowest BCUT2D eigenvalue weighted by Crippen LogP contribution is -2.20. The van der Waals surface area contributed by atoms with Gasteiger partial charge in [0.05, 0.1) is 5.56 Å². The molecule has 0 radical (unpaired) electrons. The van der Waals surface area contributed by atoms with E-state index >= 15 is 0 Å². The molecule has 148 valence electrons. The molecule has 2 atom stereocenters. The number of benzene rings is 1. The minimum absolute atomic E-state index is 0.0546. The summed E-state index contributed by atoms with van der Waals surface area (Å²) in [5, 5.41) is 0. The number of unbranched alkanes of at least 4 members (excludes halogenated alkanes) is 1. The molecule has 0 bridgehead atoms. The number of rotatable bonds is 14. The largest absolute Gasteiger partial charge is 0.459 e. The maximum atomic E-state index is 12.5. The molecule has 0 amide bonds. The first kappa shape index (κ1) is 22.7. The van der Waals surface area contributed by atoms with E-state index in [1.54, 1.807) is 0 Å². The molecule has 0 aromatic heterocycles. The molecule has 0 aliphatic rings. The summed E-state index contributed by atoms with van der Waals surface area (Å²) in [5.74, 6) is 1.35. The third-order valence-corrected chi connectivity index (χ3v) is 5.77. The predicted molar refractivity (Wildman–Crippen MR) is 111 cm³/mol. The minimum Gasteiger partial charge on any atom is -0.459 e. The normalized spacial score (nSPS) is 13.6.